The molecule has 1 fully saturated rings. The highest BCUT2D eigenvalue weighted by atomic mass is 16.5. The molecule has 1 aromatic heterocycles. The van der Waals surface area contributed by atoms with Gasteiger partial charge in [-0.2, -0.15) is 0 Å². The molecule has 0 aliphatic carbocycles. The molecule has 0 N–H and O–H groups in total. The van der Waals surface area contributed by atoms with E-state index in [4.69, 9.17) is 4.74 Å². The van der Waals surface area contributed by atoms with Crippen molar-refractivity contribution in [3.05, 3.63) is 42.0 Å². The van der Waals surface area contributed by atoms with Gasteiger partial charge in [-0.3, -0.25) is 9.36 Å². The molecule has 2 aromatic rings. The number of hydrogen-bond acceptors (Lipinski definition) is 3. The molecule has 1 saturated heterocycles. The van der Waals surface area contributed by atoms with E-state index >= 15 is 0 Å². The molecule has 0 radical (unpaired) electrons. The summed E-state index contributed by atoms with van der Waals surface area (Å²) in [7, 11) is 0. The first kappa shape index (κ1) is 12.4. The average Bonchev–Trinajstić information content (AvgIpc) is 2.99. The number of benzene rings is 1. The minimum absolute atomic E-state index is 0.0337. The molecule has 108 valence electrons. The summed E-state index contributed by atoms with van der Waals surface area (Å²) in [6.45, 7) is 2.07. The van der Waals surface area contributed by atoms with Crippen LogP contribution in [0.4, 0.5) is 0 Å². The van der Waals surface area contributed by atoms with E-state index in [1.807, 2.05) is 33.7 Å². The molecular weight excluding hydrogens is 266 g/mol. The van der Waals surface area contributed by atoms with E-state index in [1.165, 1.54) is 6.42 Å². The number of hydrogen-bond donors (Lipinski definition) is 0. The Hall–Kier alpha value is -2.30. The maximum Gasteiger partial charge on any atom is 0.274 e. The Morgan fingerprint density at radius 2 is 1.95 bits per heavy atom. The molecule has 0 atom stereocenters. The summed E-state index contributed by atoms with van der Waals surface area (Å²) in [5.41, 5.74) is 2.33. The molecule has 4 rings (SSSR count). The molecule has 21 heavy (non-hydrogen) atoms. The Morgan fingerprint density at radius 1 is 1.14 bits per heavy atom. The number of piperidine rings is 1. The van der Waals surface area contributed by atoms with Gasteiger partial charge in [-0.1, -0.05) is 12.1 Å². The maximum absolute atomic E-state index is 12.6. The van der Waals surface area contributed by atoms with Crippen LogP contribution in [-0.4, -0.2) is 33.4 Å². The lowest BCUT2D eigenvalue weighted by atomic mass is 10.1. The second-order valence-corrected chi connectivity index (χ2v) is 5.52. The van der Waals surface area contributed by atoms with Gasteiger partial charge in [0.15, 0.2) is 5.69 Å². The van der Waals surface area contributed by atoms with Crippen molar-refractivity contribution < 1.29 is 9.53 Å². The summed E-state index contributed by atoms with van der Waals surface area (Å²) in [6.07, 6.45) is 5.11. The van der Waals surface area contributed by atoms with Crippen molar-refractivity contribution >= 4 is 5.91 Å². The van der Waals surface area contributed by atoms with E-state index in [-0.39, 0.29) is 5.91 Å². The van der Waals surface area contributed by atoms with Crippen LogP contribution in [0.15, 0.2) is 30.6 Å². The van der Waals surface area contributed by atoms with Gasteiger partial charge < -0.3 is 9.64 Å². The van der Waals surface area contributed by atoms with Crippen LogP contribution in [0.5, 0.6) is 5.75 Å². The van der Waals surface area contributed by atoms with Gasteiger partial charge in [0, 0.05) is 13.1 Å². The zero-order valence-corrected chi connectivity index (χ0v) is 11.8. The molecule has 5 heteroatoms. The Balaban J connectivity index is 1.71. The second kappa shape index (κ2) is 4.91. The van der Waals surface area contributed by atoms with Gasteiger partial charge in [0.1, 0.15) is 18.7 Å². The first-order valence-electron chi connectivity index (χ1n) is 7.42. The third-order valence-electron chi connectivity index (χ3n) is 4.20. The lowest BCUT2D eigenvalue weighted by Gasteiger charge is -2.27. The van der Waals surface area contributed by atoms with Gasteiger partial charge in [0.05, 0.1) is 11.4 Å². The average molecular weight is 283 g/mol. The smallest absolute Gasteiger partial charge is 0.274 e. The Morgan fingerprint density at radius 3 is 2.81 bits per heavy atom. The van der Waals surface area contributed by atoms with Gasteiger partial charge in [-0.25, -0.2) is 4.98 Å². The van der Waals surface area contributed by atoms with Crippen molar-refractivity contribution in [2.24, 2.45) is 0 Å². The highest BCUT2D eigenvalue weighted by Crippen LogP contribution is 2.31. The molecule has 1 amide bonds. The van der Waals surface area contributed by atoms with Crippen LogP contribution in [0, 0.1) is 0 Å². The Kier molecular flexibility index (Phi) is 2.91. The molecule has 0 saturated carbocycles. The van der Waals surface area contributed by atoms with E-state index in [9.17, 15) is 4.79 Å². The summed E-state index contributed by atoms with van der Waals surface area (Å²) in [4.78, 5) is 18.9. The quantitative estimate of drug-likeness (QED) is 0.807. The lowest BCUT2D eigenvalue weighted by molar-refractivity contribution is 0.0715. The highest BCUT2D eigenvalue weighted by Gasteiger charge is 2.27. The van der Waals surface area contributed by atoms with Crippen LogP contribution in [-0.2, 0) is 6.61 Å². The number of imidazole rings is 1. The minimum atomic E-state index is 0.0337. The third kappa shape index (κ3) is 2.00. The number of rotatable bonds is 1. The largest absolute Gasteiger partial charge is 0.485 e. The topological polar surface area (TPSA) is 47.4 Å². The van der Waals surface area contributed by atoms with E-state index < -0.39 is 0 Å². The predicted molar refractivity (Wildman–Crippen MR) is 77.7 cm³/mol. The number of likely N-dealkylation sites (tertiary alicyclic amines) is 1. The minimum Gasteiger partial charge on any atom is -0.485 e. The molecule has 2 aliphatic heterocycles. The van der Waals surface area contributed by atoms with Gasteiger partial charge in [0.2, 0.25) is 0 Å². The van der Waals surface area contributed by atoms with Crippen LogP contribution in [0.3, 0.4) is 0 Å². The molecule has 2 aliphatic rings. The summed E-state index contributed by atoms with van der Waals surface area (Å²) in [6, 6.07) is 7.82. The zero-order valence-electron chi connectivity index (χ0n) is 11.8. The number of carbonyl (C=O) groups is 1. The normalized spacial score (nSPS) is 16.9. The number of fused-ring (bicyclic) bond motifs is 3. The van der Waals surface area contributed by atoms with E-state index in [1.54, 1.807) is 6.33 Å². The second-order valence-electron chi connectivity index (χ2n) is 5.52. The zero-order chi connectivity index (χ0) is 14.2. The summed E-state index contributed by atoms with van der Waals surface area (Å²) in [5.74, 6) is 0.866. The fourth-order valence-electron chi connectivity index (χ4n) is 3.07. The Labute approximate surface area is 123 Å². The van der Waals surface area contributed by atoms with E-state index in [0.29, 0.717) is 12.3 Å². The summed E-state index contributed by atoms with van der Waals surface area (Å²) in [5, 5.41) is 0. The number of ether oxygens (including phenoxy) is 1. The summed E-state index contributed by atoms with van der Waals surface area (Å²) < 4.78 is 7.72. The van der Waals surface area contributed by atoms with Crippen LogP contribution < -0.4 is 4.74 Å². The SMILES string of the molecule is O=C(c1ncn2c1COc1ccccc1-2)N1CCCCC1. The van der Waals surface area contributed by atoms with Crippen molar-refractivity contribution in [3.63, 3.8) is 0 Å². The van der Waals surface area contributed by atoms with Gasteiger partial charge in [0.25, 0.3) is 5.91 Å². The van der Waals surface area contributed by atoms with Crippen molar-refractivity contribution in [1.82, 2.24) is 14.5 Å². The lowest BCUT2D eigenvalue weighted by Crippen LogP contribution is -2.36. The fraction of sp³-hybridized carbons (Fsp3) is 0.375. The molecular formula is C16H17N3O2. The first-order valence-corrected chi connectivity index (χ1v) is 7.42. The molecule has 1 aromatic carbocycles. The molecule has 5 nitrogen and oxygen atoms in total. The van der Waals surface area contributed by atoms with Gasteiger partial charge in [-0.05, 0) is 31.4 Å². The highest BCUT2D eigenvalue weighted by molar-refractivity contribution is 5.93. The third-order valence-corrected chi connectivity index (χ3v) is 4.20. The molecule has 0 unspecified atom stereocenters. The van der Waals surface area contributed by atoms with E-state index in [0.717, 1.165) is 43.1 Å². The number of amides is 1. The number of carbonyl (C=O) groups excluding carboxylic acids is 1. The van der Waals surface area contributed by atoms with Crippen molar-refractivity contribution in [2.75, 3.05) is 13.1 Å². The summed E-state index contributed by atoms with van der Waals surface area (Å²) >= 11 is 0. The fourth-order valence-corrected chi connectivity index (χ4v) is 3.07. The molecule has 0 bridgehead atoms. The molecule has 3 heterocycles. The van der Waals surface area contributed by atoms with Crippen LogP contribution in [0.25, 0.3) is 5.69 Å². The standard InChI is InChI=1S/C16H17N3O2/c20-16(18-8-4-1-5-9-18)15-13-10-21-14-7-3-2-6-12(14)19(13)11-17-15/h2-3,6-7,11H,1,4-5,8-10H2. The van der Waals surface area contributed by atoms with E-state index in [2.05, 4.69) is 4.98 Å². The monoisotopic (exact) mass is 283 g/mol. The van der Waals surface area contributed by atoms with Crippen LogP contribution in [0.2, 0.25) is 0 Å². The maximum atomic E-state index is 12.6. The van der Waals surface area contributed by atoms with Crippen LogP contribution >= 0.6 is 0 Å². The number of aromatic nitrogens is 2. The van der Waals surface area contributed by atoms with Crippen molar-refractivity contribution in [3.8, 4) is 11.4 Å². The molecule has 0 spiro atoms. The van der Waals surface area contributed by atoms with Crippen molar-refractivity contribution in [2.45, 2.75) is 25.9 Å². The van der Waals surface area contributed by atoms with Gasteiger partial charge >= 0.3 is 0 Å². The Bertz CT molecular complexity index is 687. The van der Waals surface area contributed by atoms with Crippen LogP contribution in [0.1, 0.15) is 35.4 Å². The number of nitrogens with zero attached hydrogens (tertiary/aromatic N) is 3. The first-order chi connectivity index (χ1) is 10.3. The van der Waals surface area contributed by atoms with Crippen molar-refractivity contribution in [1.29, 1.82) is 0 Å². The predicted octanol–water partition coefficient (Wildman–Crippen LogP) is 2.39. The number of para-hydroxylation sites is 2. The van der Waals surface area contributed by atoms with Gasteiger partial charge in [-0.15, -0.1) is 0 Å².